The molecule has 9 nitrogen and oxygen atoms in total. The minimum absolute atomic E-state index is 0.178. The number of carbonyl (C=O) groups is 4. The number of imide groups is 1. The molecule has 5 N–H and O–H groups in total. The number of hydrogen-bond acceptors (Lipinski definition) is 5. The molecule has 4 rings (SSSR count). The van der Waals surface area contributed by atoms with Crippen molar-refractivity contribution in [1.29, 1.82) is 0 Å². The molecule has 1 aromatic carbocycles. The van der Waals surface area contributed by atoms with E-state index < -0.39 is 36.3 Å². The van der Waals surface area contributed by atoms with Gasteiger partial charge in [0.1, 0.15) is 17.6 Å². The van der Waals surface area contributed by atoms with Crippen LogP contribution in [0.25, 0.3) is 10.9 Å². The lowest BCUT2D eigenvalue weighted by atomic mass is 10.1. The highest BCUT2D eigenvalue weighted by atomic mass is 32.1. The summed E-state index contributed by atoms with van der Waals surface area (Å²) in [6.45, 7) is -0.453. The number of benzene rings is 1. The third-order valence-electron chi connectivity index (χ3n) is 4.69. The van der Waals surface area contributed by atoms with E-state index >= 15 is 0 Å². The van der Waals surface area contributed by atoms with Gasteiger partial charge in [0.25, 0.3) is 11.8 Å². The number of thiophene rings is 1. The van der Waals surface area contributed by atoms with Gasteiger partial charge >= 0.3 is 6.03 Å². The standard InChI is InChI=1S/C19H17N5O4S/c20-16(26)12-5-6-29-17(12)23-15(25)9-24-18(27)14(22-19(24)28)7-10-8-21-13-4-2-1-3-11(10)13/h1-6,8,14,21H,7,9H2,(H2,20,26)(H,22,28)(H,23,25)/t14-/m0/s1. The van der Waals surface area contributed by atoms with Crippen molar-refractivity contribution in [3.05, 3.63) is 53.0 Å². The number of nitrogens with one attached hydrogen (secondary N) is 3. The molecule has 1 fully saturated rings. The van der Waals surface area contributed by atoms with Crippen LogP contribution in [0.1, 0.15) is 15.9 Å². The molecule has 1 saturated heterocycles. The second kappa shape index (κ2) is 7.40. The molecule has 0 unspecified atom stereocenters. The van der Waals surface area contributed by atoms with Crippen LogP contribution in [0.15, 0.2) is 41.9 Å². The first-order valence-electron chi connectivity index (χ1n) is 8.78. The zero-order valence-corrected chi connectivity index (χ0v) is 15.9. The Morgan fingerprint density at radius 1 is 1.21 bits per heavy atom. The number of hydrogen-bond donors (Lipinski definition) is 4. The molecule has 2 aromatic heterocycles. The molecule has 0 aliphatic carbocycles. The predicted molar refractivity (Wildman–Crippen MR) is 108 cm³/mol. The van der Waals surface area contributed by atoms with E-state index in [0.717, 1.165) is 32.7 Å². The first kappa shape index (κ1) is 18.7. The molecule has 0 bridgehead atoms. The topological polar surface area (TPSA) is 137 Å². The summed E-state index contributed by atoms with van der Waals surface area (Å²) in [6.07, 6.45) is 2.12. The van der Waals surface area contributed by atoms with Crippen molar-refractivity contribution in [3.63, 3.8) is 0 Å². The number of anilines is 1. The van der Waals surface area contributed by atoms with Crippen molar-refractivity contribution in [2.75, 3.05) is 11.9 Å². The number of nitrogens with two attached hydrogens (primary N) is 1. The Morgan fingerprint density at radius 2 is 2.00 bits per heavy atom. The molecule has 3 heterocycles. The molecular formula is C19H17N5O4S. The summed E-state index contributed by atoms with van der Waals surface area (Å²) in [5.41, 5.74) is 7.27. The Kier molecular flexibility index (Phi) is 4.77. The normalized spacial score (nSPS) is 16.3. The number of para-hydroxylation sites is 1. The Labute approximate surface area is 168 Å². The Bertz CT molecular complexity index is 1130. The van der Waals surface area contributed by atoms with Crippen LogP contribution in [0.2, 0.25) is 0 Å². The highest BCUT2D eigenvalue weighted by Crippen LogP contribution is 2.23. The van der Waals surface area contributed by atoms with Crippen LogP contribution in [0.3, 0.4) is 0 Å². The van der Waals surface area contributed by atoms with Crippen LogP contribution in [-0.2, 0) is 16.0 Å². The number of aromatic amines is 1. The monoisotopic (exact) mass is 411 g/mol. The average molecular weight is 411 g/mol. The van der Waals surface area contributed by atoms with Crippen molar-refractivity contribution >= 4 is 51.0 Å². The van der Waals surface area contributed by atoms with Gasteiger partial charge in [-0.1, -0.05) is 18.2 Å². The molecule has 29 heavy (non-hydrogen) atoms. The van der Waals surface area contributed by atoms with E-state index in [0.29, 0.717) is 6.42 Å². The van der Waals surface area contributed by atoms with E-state index in [1.54, 1.807) is 5.38 Å². The highest BCUT2D eigenvalue weighted by molar-refractivity contribution is 7.14. The lowest BCUT2D eigenvalue weighted by molar-refractivity contribution is -0.130. The van der Waals surface area contributed by atoms with Gasteiger partial charge in [-0.15, -0.1) is 11.3 Å². The quantitative estimate of drug-likeness (QED) is 0.456. The minimum Gasteiger partial charge on any atom is -0.366 e. The van der Waals surface area contributed by atoms with Gasteiger partial charge in [0.05, 0.1) is 5.56 Å². The first-order chi connectivity index (χ1) is 13.9. The zero-order valence-electron chi connectivity index (χ0n) is 15.1. The Morgan fingerprint density at radius 3 is 2.79 bits per heavy atom. The SMILES string of the molecule is NC(=O)c1ccsc1NC(=O)CN1C(=O)N[C@@H](Cc2c[nH]c3ccccc23)C1=O. The van der Waals surface area contributed by atoms with Gasteiger partial charge in [-0.05, 0) is 23.1 Å². The summed E-state index contributed by atoms with van der Waals surface area (Å²) in [5.74, 6) is -1.74. The fourth-order valence-electron chi connectivity index (χ4n) is 3.30. The van der Waals surface area contributed by atoms with Gasteiger partial charge in [0, 0.05) is 23.5 Å². The highest BCUT2D eigenvalue weighted by Gasteiger charge is 2.39. The minimum atomic E-state index is -0.752. The van der Waals surface area contributed by atoms with E-state index in [1.165, 1.54) is 6.07 Å². The van der Waals surface area contributed by atoms with E-state index in [9.17, 15) is 19.2 Å². The lowest BCUT2D eigenvalue weighted by Crippen LogP contribution is -2.38. The molecular weight excluding hydrogens is 394 g/mol. The van der Waals surface area contributed by atoms with Crippen LogP contribution < -0.4 is 16.4 Å². The van der Waals surface area contributed by atoms with Gasteiger partial charge in [-0.3, -0.25) is 19.3 Å². The van der Waals surface area contributed by atoms with Crippen molar-refractivity contribution in [3.8, 4) is 0 Å². The zero-order chi connectivity index (χ0) is 20.5. The van der Waals surface area contributed by atoms with Crippen molar-refractivity contribution in [2.45, 2.75) is 12.5 Å². The summed E-state index contributed by atoms with van der Waals surface area (Å²) >= 11 is 1.13. The summed E-state index contributed by atoms with van der Waals surface area (Å²) in [6, 6.07) is 7.78. The molecule has 148 valence electrons. The van der Waals surface area contributed by atoms with Crippen LogP contribution >= 0.6 is 11.3 Å². The molecule has 0 radical (unpaired) electrons. The molecule has 1 aliphatic rings. The fraction of sp³-hybridized carbons (Fsp3) is 0.158. The number of nitrogens with zero attached hydrogens (tertiary/aromatic N) is 1. The smallest absolute Gasteiger partial charge is 0.325 e. The summed E-state index contributed by atoms with van der Waals surface area (Å²) in [7, 11) is 0. The average Bonchev–Trinajstić information content (AvgIpc) is 3.37. The molecule has 0 saturated carbocycles. The summed E-state index contributed by atoms with van der Waals surface area (Å²) in [5, 5.41) is 8.02. The summed E-state index contributed by atoms with van der Waals surface area (Å²) in [4.78, 5) is 52.5. The van der Waals surface area contributed by atoms with Crippen molar-refractivity contribution in [2.24, 2.45) is 5.73 Å². The number of urea groups is 1. The summed E-state index contributed by atoms with van der Waals surface area (Å²) < 4.78 is 0. The number of fused-ring (bicyclic) bond motifs is 1. The van der Waals surface area contributed by atoms with Gasteiger partial charge in [0.2, 0.25) is 5.91 Å². The van der Waals surface area contributed by atoms with Gasteiger partial charge in [-0.2, -0.15) is 0 Å². The fourth-order valence-corrected chi connectivity index (χ4v) is 4.10. The number of amides is 5. The van der Waals surface area contributed by atoms with Gasteiger partial charge in [-0.25, -0.2) is 4.79 Å². The van der Waals surface area contributed by atoms with E-state index in [-0.39, 0.29) is 10.6 Å². The maximum absolute atomic E-state index is 12.7. The van der Waals surface area contributed by atoms with Gasteiger partial charge in [0.15, 0.2) is 0 Å². The first-order valence-corrected chi connectivity index (χ1v) is 9.66. The number of primary amides is 1. The number of aromatic nitrogens is 1. The van der Waals surface area contributed by atoms with E-state index in [4.69, 9.17) is 5.73 Å². The van der Waals surface area contributed by atoms with Crippen LogP contribution in [0, 0.1) is 0 Å². The molecule has 3 aromatic rings. The van der Waals surface area contributed by atoms with Crippen LogP contribution in [0.4, 0.5) is 9.80 Å². The number of rotatable bonds is 6. The molecule has 5 amide bonds. The van der Waals surface area contributed by atoms with E-state index in [2.05, 4.69) is 15.6 Å². The third-order valence-corrected chi connectivity index (χ3v) is 5.52. The van der Waals surface area contributed by atoms with Crippen molar-refractivity contribution < 1.29 is 19.2 Å². The third kappa shape index (κ3) is 3.57. The Balaban J connectivity index is 1.43. The van der Waals surface area contributed by atoms with E-state index in [1.807, 2.05) is 30.5 Å². The number of H-pyrrole nitrogens is 1. The van der Waals surface area contributed by atoms with Crippen LogP contribution in [0.5, 0.6) is 0 Å². The molecule has 10 heteroatoms. The largest absolute Gasteiger partial charge is 0.366 e. The number of carbonyl (C=O) groups excluding carboxylic acids is 4. The second-order valence-corrected chi connectivity index (χ2v) is 7.48. The Hall–Kier alpha value is -3.66. The predicted octanol–water partition coefficient (Wildman–Crippen LogP) is 1.43. The van der Waals surface area contributed by atoms with Crippen LogP contribution in [-0.4, -0.2) is 46.2 Å². The van der Waals surface area contributed by atoms with Crippen molar-refractivity contribution in [1.82, 2.24) is 15.2 Å². The molecule has 1 atom stereocenters. The van der Waals surface area contributed by atoms with Gasteiger partial charge < -0.3 is 21.4 Å². The maximum atomic E-state index is 12.7. The lowest BCUT2D eigenvalue weighted by Gasteiger charge is -2.13. The second-order valence-electron chi connectivity index (χ2n) is 6.57. The molecule has 1 aliphatic heterocycles. The molecule has 0 spiro atoms. The maximum Gasteiger partial charge on any atom is 0.325 e.